The molecule has 0 amide bonds. The first-order chi connectivity index (χ1) is 14.5. The Labute approximate surface area is 173 Å². The zero-order valence-corrected chi connectivity index (χ0v) is 16.4. The van der Waals surface area contributed by atoms with E-state index in [2.05, 4.69) is 16.5 Å². The number of carbonyl (C=O) groups is 1. The number of halogens is 2. The van der Waals surface area contributed by atoms with E-state index in [9.17, 15) is 4.79 Å². The highest BCUT2D eigenvalue weighted by molar-refractivity contribution is 5.86. The van der Waals surface area contributed by atoms with Crippen LogP contribution in [0.1, 0.15) is 34.8 Å². The standard InChI is InChI=1S/C24H22F2N2O2/c1-2-3-11-28-12-10-17-16-6-4-5-7-20(16)27-23(17)24(28)22-18(25)13-15(14-19(22)26)8-9-21(29)30/h2,4-9,13-14,24,27H,1,3,10-12H2,(H,29,30)/b9-8+/t24-/m0/s1. The van der Waals surface area contributed by atoms with Gasteiger partial charge < -0.3 is 10.1 Å². The molecule has 154 valence electrons. The Morgan fingerprint density at radius 2 is 2.00 bits per heavy atom. The van der Waals surface area contributed by atoms with Crippen molar-refractivity contribution >= 4 is 22.9 Å². The fraction of sp³-hybridized carbons (Fsp3) is 0.208. The van der Waals surface area contributed by atoms with Crippen molar-refractivity contribution in [1.82, 2.24) is 9.88 Å². The van der Waals surface area contributed by atoms with E-state index in [0.29, 0.717) is 19.5 Å². The Balaban J connectivity index is 1.85. The summed E-state index contributed by atoms with van der Waals surface area (Å²) < 4.78 is 30.4. The summed E-state index contributed by atoms with van der Waals surface area (Å²) in [6.45, 7) is 5.07. The molecule has 2 aromatic carbocycles. The molecule has 2 N–H and O–H groups in total. The molecule has 1 aliphatic heterocycles. The van der Waals surface area contributed by atoms with E-state index in [1.807, 2.05) is 24.3 Å². The van der Waals surface area contributed by atoms with Crippen molar-refractivity contribution in [2.75, 3.05) is 13.1 Å². The van der Waals surface area contributed by atoms with Crippen LogP contribution in [0.15, 0.2) is 55.1 Å². The molecule has 0 spiro atoms. The van der Waals surface area contributed by atoms with E-state index in [0.717, 1.165) is 34.7 Å². The molecule has 1 aromatic heterocycles. The Hall–Kier alpha value is -3.25. The van der Waals surface area contributed by atoms with E-state index in [-0.39, 0.29) is 11.1 Å². The third-order valence-corrected chi connectivity index (χ3v) is 5.55. The molecule has 0 bridgehead atoms. The number of hydrogen-bond acceptors (Lipinski definition) is 2. The first-order valence-electron chi connectivity index (χ1n) is 9.84. The smallest absolute Gasteiger partial charge is 0.328 e. The number of carboxylic acid groups (broad SMARTS) is 1. The second kappa shape index (κ2) is 8.24. The third kappa shape index (κ3) is 3.66. The van der Waals surface area contributed by atoms with Gasteiger partial charge in [-0.3, -0.25) is 4.90 Å². The number of rotatable bonds is 6. The van der Waals surface area contributed by atoms with Crippen molar-refractivity contribution < 1.29 is 18.7 Å². The largest absolute Gasteiger partial charge is 0.478 e. The second-order valence-corrected chi connectivity index (χ2v) is 7.40. The van der Waals surface area contributed by atoms with Crippen molar-refractivity contribution in [3.63, 3.8) is 0 Å². The minimum absolute atomic E-state index is 0.0287. The highest BCUT2D eigenvalue weighted by Gasteiger charge is 2.34. The molecule has 4 rings (SSSR count). The number of nitrogens with zero attached hydrogens (tertiary/aromatic N) is 1. The summed E-state index contributed by atoms with van der Waals surface area (Å²) in [5.41, 5.74) is 2.97. The molecule has 2 heterocycles. The van der Waals surface area contributed by atoms with Gasteiger partial charge in [-0.1, -0.05) is 24.3 Å². The number of para-hydroxylation sites is 1. The van der Waals surface area contributed by atoms with E-state index in [1.165, 1.54) is 18.2 Å². The number of nitrogens with one attached hydrogen (secondary N) is 1. The monoisotopic (exact) mass is 408 g/mol. The van der Waals surface area contributed by atoms with Gasteiger partial charge in [-0.15, -0.1) is 6.58 Å². The average Bonchev–Trinajstić information content (AvgIpc) is 3.09. The molecule has 1 aliphatic rings. The van der Waals surface area contributed by atoms with Crippen LogP contribution in [0.25, 0.3) is 17.0 Å². The molecule has 0 unspecified atom stereocenters. The molecule has 0 radical (unpaired) electrons. The van der Waals surface area contributed by atoms with Crippen LogP contribution < -0.4 is 0 Å². The lowest BCUT2D eigenvalue weighted by Crippen LogP contribution is -2.37. The summed E-state index contributed by atoms with van der Waals surface area (Å²) in [4.78, 5) is 16.2. The van der Waals surface area contributed by atoms with Gasteiger partial charge in [0.25, 0.3) is 0 Å². The summed E-state index contributed by atoms with van der Waals surface area (Å²) >= 11 is 0. The van der Waals surface area contributed by atoms with Crippen molar-refractivity contribution in [1.29, 1.82) is 0 Å². The molecule has 0 aliphatic carbocycles. The minimum atomic E-state index is -1.18. The van der Waals surface area contributed by atoms with Crippen molar-refractivity contribution in [2.24, 2.45) is 0 Å². The molecule has 0 saturated carbocycles. The summed E-state index contributed by atoms with van der Waals surface area (Å²) in [5, 5.41) is 9.85. The number of carboxylic acids is 1. The van der Waals surface area contributed by atoms with Gasteiger partial charge in [0.15, 0.2) is 0 Å². The number of aliphatic carboxylic acids is 1. The predicted molar refractivity (Wildman–Crippen MR) is 113 cm³/mol. The van der Waals surface area contributed by atoms with Crippen LogP contribution in [0.5, 0.6) is 0 Å². The summed E-state index contributed by atoms with van der Waals surface area (Å²) in [7, 11) is 0. The number of aromatic nitrogens is 1. The highest BCUT2D eigenvalue weighted by Crippen LogP contribution is 2.40. The first kappa shape index (κ1) is 20.0. The number of H-pyrrole nitrogens is 1. The molecule has 30 heavy (non-hydrogen) atoms. The molecule has 4 nitrogen and oxygen atoms in total. The molecular weight excluding hydrogens is 386 g/mol. The van der Waals surface area contributed by atoms with Crippen molar-refractivity contribution in [3.05, 3.63) is 89.1 Å². The second-order valence-electron chi connectivity index (χ2n) is 7.40. The van der Waals surface area contributed by atoms with Crippen LogP contribution in [-0.2, 0) is 11.2 Å². The van der Waals surface area contributed by atoms with Crippen LogP contribution in [0.2, 0.25) is 0 Å². The predicted octanol–water partition coefficient (Wildman–Crippen LogP) is 5.07. The Kier molecular flexibility index (Phi) is 5.50. The van der Waals surface area contributed by atoms with Gasteiger partial charge in [-0.05, 0) is 48.2 Å². The van der Waals surface area contributed by atoms with Gasteiger partial charge in [0.2, 0.25) is 0 Å². The maximum absolute atomic E-state index is 15.2. The van der Waals surface area contributed by atoms with E-state index < -0.39 is 23.6 Å². The molecule has 3 aromatic rings. The van der Waals surface area contributed by atoms with Crippen LogP contribution in [0.3, 0.4) is 0 Å². The number of hydrogen-bond donors (Lipinski definition) is 2. The van der Waals surface area contributed by atoms with Crippen molar-refractivity contribution in [2.45, 2.75) is 18.9 Å². The number of fused-ring (bicyclic) bond motifs is 3. The maximum Gasteiger partial charge on any atom is 0.328 e. The zero-order valence-electron chi connectivity index (χ0n) is 16.4. The summed E-state index contributed by atoms with van der Waals surface area (Å²) in [5.74, 6) is -2.56. The summed E-state index contributed by atoms with van der Waals surface area (Å²) in [6.07, 6.45) is 5.33. The number of benzene rings is 2. The Morgan fingerprint density at radius 1 is 1.27 bits per heavy atom. The SMILES string of the molecule is C=CCCN1CCc2c([nH]c3ccccc23)[C@@H]1c1c(F)cc(/C=C/C(=O)O)cc1F. The first-order valence-corrected chi connectivity index (χ1v) is 9.84. The average molecular weight is 408 g/mol. The normalized spacial score (nSPS) is 16.8. The highest BCUT2D eigenvalue weighted by atomic mass is 19.1. The zero-order chi connectivity index (χ0) is 21.3. The molecular formula is C24H22F2N2O2. The van der Waals surface area contributed by atoms with Crippen LogP contribution in [-0.4, -0.2) is 34.0 Å². The van der Waals surface area contributed by atoms with Gasteiger partial charge in [0.1, 0.15) is 11.6 Å². The summed E-state index contributed by atoms with van der Waals surface area (Å²) in [6, 6.07) is 9.64. The molecule has 6 heteroatoms. The maximum atomic E-state index is 15.2. The molecule has 0 saturated heterocycles. The van der Waals surface area contributed by atoms with E-state index in [1.54, 1.807) is 6.08 Å². The Bertz CT molecular complexity index is 1130. The van der Waals surface area contributed by atoms with E-state index in [4.69, 9.17) is 5.11 Å². The fourth-order valence-corrected chi connectivity index (χ4v) is 4.24. The quantitative estimate of drug-likeness (QED) is 0.442. The molecule has 1 atom stereocenters. The third-order valence-electron chi connectivity index (χ3n) is 5.55. The fourth-order valence-electron chi connectivity index (χ4n) is 4.24. The van der Waals surface area contributed by atoms with Gasteiger partial charge in [0, 0.05) is 41.3 Å². The van der Waals surface area contributed by atoms with Crippen LogP contribution >= 0.6 is 0 Å². The van der Waals surface area contributed by atoms with Gasteiger partial charge in [-0.25, -0.2) is 13.6 Å². The lowest BCUT2D eigenvalue weighted by molar-refractivity contribution is -0.131. The minimum Gasteiger partial charge on any atom is -0.478 e. The van der Waals surface area contributed by atoms with Gasteiger partial charge in [-0.2, -0.15) is 0 Å². The van der Waals surface area contributed by atoms with Crippen LogP contribution in [0.4, 0.5) is 8.78 Å². The topological polar surface area (TPSA) is 56.3 Å². The van der Waals surface area contributed by atoms with Gasteiger partial charge in [0.05, 0.1) is 6.04 Å². The molecule has 0 fully saturated rings. The number of aromatic amines is 1. The van der Waals surface area contributed by atoms with Gasteiger partial charge >= 0.3 is 5.97 Å². The lowest BCUT2D eigenvalue weighted by Gasteiger charge is -2.36. The van der Waals surface area contributed by atoms with Crippen molar-refractivity contribution in [3.8, 4) is 0 Å². The lowest BCUT2D eigenvalue weighted by atomic mass is 9.91. The van der Waals surface area contributed by atoms with Crippen LogP contribution in [0, 0.1) is 11.6 Å². The Morgan fingerprint density at radius 3 is 2.70 bits per heavy atom. The van der Waals surface area contributed by atoms with E-state index >= 15 is 8.78 Å².